The fraction of sp³-hybridized carbons (Fsp3) is 0.444. The third kappa shape index (κ3) is 2.83. The second-order valence-electron chi connectivity index (χ2n) is 6.16. The van der Waals surface area contributed by atoms with Crippen molar-refractivity contribution in [2.45, 2.75) is 38.6 Å². The number of H-pyrrole nitrogens is 1. The van der Waals surface area contributed by atoms with Gasteiger partial charge in [-0.25, -0.2) is 0 Å². The number of aromatic nitrogens is 1. The second-order valence-corrected chi connectivity index (χ2v) is 6.16. The Labute approximate surface area is 135 Å². The summed E-state index contributed by atoms with van der Waals surface area (Å²) in [4.78, 5) is 29.2. The van der Waals surface area contributed by atoms with Gasteiger partial charge in [-0.1, -0.05) is 31.5 Å². The van der Waals surface area contributed by atoms with Gasteiger partial charge < -0.3 is 15.0 Å². The van der Waals surface area contributed by atoms with Crippen molar-refractivity contribution in [1.29, 1.82) is 0 Å². The highest BCUT2D eigenvalue weighted by Gasteiger charge is 2.41. The molecule has 1 aromatic heterocycles. The number of carboxylic acids is 1. The average Bonchev–Trinajstić information content (AvgIpc) is 2.97. The third-order valence-electron chi connectivity index (χ3n) is 4.72. The number of carbonyl (C=O) groups excluding carboxylic acids is 1. The minimum atomic E-state index is -0.825. The van der Waals surface area contributed by atoms with Crippen LogP contribution in [0.25, 0.3) is 10.9 Å². The van der Waals surface area contributed by atoms with Crippen LogP contribution in [0.5, 0.6) is 0 Å². The fourth-order valence-electron chi connectivity index (χ4n) is 3.53. The summed E-state index contributed by atoms with van der Waals surface area (Å²) in [5, 5.41) is 10.7. The molecule has 2 atom stereocenters. The summed E-state index contributed by atoms with van der Waals surface area (Å²) in [5.74, 6) is -1.32. The molecule has 0 aliphatic carbocycles. The minimum absolute atomic E-state index is 0.0613. The lowest BCUT2D eigenvalue weighted by Crippen LogP contribution is -2.45. The minimum Gasteiger partial charge on any atom is -0.481 e. The van der Waals surface area contributed by atoms with Crippen LogP contribution in [0.1, 0.15) is 44.2 Å². The van der Waals surface area contributed by atoms with Gasteiger partial charge >= 0.3 is 5.97 Å². The van der Waals surface area contributed by atoms with Gasteiger partial charge in [-0.3, -0.25) is 9.59 Å². The van der Waals surface area contributed by atoms with Crippen LogP contribution in [-0.4, -0.2) is 33.4 Å². The number of unbranched alkanes of at least 4 members (excludes halogenated alkanes) is 1. The van der Waals surface area contributed by atoms with Gasteiger partial charge in [-0.15, -0.1) is 0 Å². The zero-order valence-corrected chi connectivity index (χ0v) is 13.3. The lowest BCUT2D eigenvalue weighted by molar-refractivity contribution is -0.152. The molecule has 5 heteroatoms. The van der Waals surface area contributed by atoms with Crippen LogP contribution in [0, 0.1) is 5.92 Å². The van der Waals surface area contributed by atoms with Crippen molar-refractivity contribution in [1.82, 2.24) is 9.88 Å². The molecule has 2 aromatic rings. The van der Waals surface area contributed by atoms with E-state index in [9.17, 15) is 14.7 Å². The van der Waals surface area contributed by atoms with Crippen molar-refractivity contribution in [3.8, 4) is 0 Å². The van der Waals surface area contributed by atoms with E-state index in [1.165, 1.54) is 0 Å². The molecule has 5 nitrogen and oxygen atoms in total. The van der Waals surface area contributed by atoms with Gasteiger partial charge in [0.15, 0.2) is 0 Å². The first-order valence-corrected chi connectivity index (χ1v) is 8.21. The zero-order valence-electron chi connectivity index (χ0n) is 13.3. The first kappa shape index (κ1) is 15.6. The molecule has 1 aliphatic heterocycles. The first-order chi connectivity index (χ1) is 11.1. The van der Waals surface area contributed by atoms with E-state index in [1.54, 1.807) is 4.90 Å². The van der Waals surface area contributed by atoms with Crippen LogP contribution >= 0.6 is 0 Å². The fourth-order valence-corrected chi connectivity index (χ4v) is 3.53. The number of fused-ring (bicyclic) bond motifs is 1. The highest BCUT2D eigenvalue weighted by atomic mass is 16.4. The summed E-state index contributed by atoms with van der Waals surface area (Å²) in [6, 6.07) is 7.44. The molecule has 0 bridgehead atoms. The molecular weight excluding hydrogens is 292 g/mol. The van der Waals surface area contributed by atoms with Crippen LogP contribution < -0.4 is 0 Å². The molecule has 2 unspecified atom stereocenters. The number of piperidine rings is 1. The summed E-state index contributed by atoms with van der Waals surface area (Å²) in [6.45, 7) is 2.69. The van der Waals surface area contributed by atoms with Gasteiger partial charge in [-0.05, 0) is 18.9 Å². The average molecular weight is 314 g/mol. The van der Waals surface area contributed by atoms with E-state index in [1.807, 2.05) is 30.5 Å². The molecular formula is C18H22N2O3. The Morgan fingerprint density at radius 1 is 1.39 bits per heavy atom. The molecule has 122 valence electrons. The monoisotopic (exact) mass is 314 g/mol. The molecule has 2 N–H and O–H groups in total. The Hall–Kier alpha value is -2.30. The number of aliphatic carboxylic acids is 1. The van der Waals surface area contributed by atoms with Crippen LogP contribution in [0.2, 0.25) is 0 Å². The van der Waals surface area contributed by atoms with Gasteiger partial charge in [0.1, 0.15) is 0 Å². The Bertz CT molecular complexity index is 722. The van der Waals surface area contributed by atoms with Gasteiger partial charge in [0.25, 0.3) is 0 Å². The predicted octanol–water partition coefficient (Wildman–Crippen LogP) is 3.33. The molecule has 0 saturated carbocycles. The van der Waals surface area contributed by atoms with E-state index in [0.29, 0.717) is 19.4 Å². The van der Waals surface area contributed by atoms with Crippen LogP contribution in [-0.2, 0) is 9.59 Å². The molecule has 3 rings (SSSR count). The molecule has 23 heavy (non-hydrogen) atoms. The summed E-state index contributed by atoms with van der Waals surface area (Å²) in [6.07, 6.45) is 4.45. The molecule has 1 aliphatic rings. The molecule has 1 fully saturated rings. The van der Waals surface area contributed by atoms with Crippen molar-refractivity contribution in [3.05, 3.63) is 36.0 Å². The topological polar surface area (TPSA) is 73.4 Å². The normalized spacial score (nSPS) is 21.8. The van der Waals surface area contributed by atoms with Crippen LogP contribution in [0.4, 0.5) is 0 Å². The number of nitrogens with one attached hydrogen (secondary N) is 1. The smallest absolute Gasteiger partial charge is 0.308 e. The number of benzene rings is 1. The van der Waals surface area contributed by atoms with E-state index < -0.39 is 17.9 Å². The van der Waals surface area contributed by atoms with Crippen molar-refractivity contribution in [2.24, 2.45) is 5.92 Å². The first-order valence-electron chi connectivity index (χ1n) is 8.21. The summed E-state index contributed by atoms with van der Waals surface area (Å²) in [5.41, 5.74) is 1.89. The van der Waals surface area contributed by atoms with Crippen molar-refractivity contribution < 1.29 is 14.7 Å². The van der Waals surface area contributed by atoms with Crippen molar-refractivity contribution in [2.75, 3.05) is 6.54 Å². The molecule has 2 heterocycles. The van der Waals surface area contributed by atoms with Crippen LogP contribution in [0.3, 0.4) is 0 Å². The molecule has 1 amide bonds. The van der Waals surface area contributed by atoms with Gasteiger partial charge in [0.2, 0.25) is 5.91 Å². The number of carbonyl (C=O) groups is 2. The van der Waals surface area contributed by atoms with E-state index in [0.717, 1.165) is 29.3 Å². The van der Waals surface area contributed by atoms with Gasteiger partial charge in [-0.2, -0.15) is 0 Å². The van der Waals surface area contributed by atoms with E-state index in [2.05, 4.69) is 11.9 Å². The number of likely N-dealkylation sites (tertiary alicyclic amines) is 1. The summed E-state index contributed by atoms with van der Waals surface area (Å²) in [7, 11) is 0. The SMILES string of the molecule is CCCCN1C(=O)CCC(C(=O)O)C1c1c[nH]c2ccccc12. The number of hydrogen-bond donors (Lipinski definition) is 2. The number of hydrogen-bond acceptors (Lipinski definition) is 2. The van der Waals surface area contributed by atoms with E-state index in [4.69, 9.17) is 0 Å². The molecule has 0 spiro atoms. The van der Waals surface area contributed by atoms with E-state index >= 15 is 0 Å². The quantitative estimate of drug-likeness (QED) is 0.889. The lowest BCUT2D eigenvalue weighted by atomic mass is 9.84. The largest absolute Gasteiger partial charge is 0.481 e. The maximum atomic E-state index is 12.4. The Kier molecular flexibility index (Phi) is 4.37. The second kappa shape index (κ2) is 6.44. The maximum absolute atomic E-state index is 12.4. The maximum Gasteiger partial charge on any atom is 0.308 e. The third-order valence-corrected chi connectivity index (χ3v) is 4.72. The number of nitrogens with zero attached hydrogens (tertiary/aromatic N) is 1. The summed E-state index contributed by atoms with van der Waals surface area (Å²) >= 11 is 0. The Balaban J connectivity index is 2.07. The number of para-hydroxylation sites is 1. The molecule has 1 aromatic carbocycles. The highest BCUT2D eigenvalue weighted by Crippen LogP contribution is 2.40. The lowest BCUT2D eigenvalue weighted by Gasteiger charge is -2.39. The predicted molar refractivity (Wildman–Crippen MR) is 88.0 cm³/mol. The number of aromatic amines is 1. The number of carboxylic acid groups (broad SMARTS) is 1. The Morgan fingerprint density at radius 3 is 2.91 bits per heavy atom. The standard InChI is InChI=1S/C18H22N2O3/c1-2-3-10-20-16(21)9-8-13(18(22)23)17(20)14-11-19-15-7-5-4-6-12(14)15/h4-7,11,13,17,19H,2-3,8-10H2,1H3,(H,22,23). The zero-order chi connectivity index (χ0) is 16.4. The van der Waals surface area contributed by atoms with Crippen molar-refractivity contribution >= 4 is 22.8 Å². The Morgan fingerprint density at radius 2 is 2.17 bits per heavy atom. The number of rotatable bonds is 5. The van der Waals surface area contributed by atoms with Gasteiger partial charge in [0.05, 0.1) is 12.0 Å². The molecule has 0 radical (unpaired) electrons. The highest BCUT2D eigenvalue weighted by molar-refractivity contribution is 5.87. The summed E-state index contributed by atoms with van der Waals surface area (Å²) < 4.78 is 0. The number of amides is 1. The van der Waals surface area contributed by atoms with E-state index in [-0.39, 0.29) is 5.91 Å². The van der Waals surface area contributed by atoms with Crippen molar-refractivity contribution in [3.63, 3.8) is 0 Å². The van der Waals surface area contributed by atoms with Crippen LogP contribution in [0.15, 0.2) is 30.5 Å². The van der Waals surface area contributed by atoms with Gasteiger partial charge in [0, 0.05) is 35.6 Å². The molecule has 1 saturated heterocycles.